The molecule has 2 aromatic heterocycles. The molecule has 0 spiro atoms. The van der Waals surface area contributed by atoms with Gasteiger partial charge in [0.05, 0.1) is 28.0 Å². The fourth-order valence-corrected chi connectivity index (χ4v) is 4.55. The van der Waals surface area contributed by atoms with E-state index in [0.29, 0.717) is 15.7 Å². The van der Waals surface area contributed by atoms with Gasteiger partial charge in [-0.15, -0.1) is 0 Å². The minimum atomic E-state index is -0.0531. The van der Waals surface area contributed by atoms with E-state index in [1.165, 1.54) is 18.1 Å². The number of halogens is 1. The van der Waals surface area contributed by atoms with Crippen molar-refractivity contribution in [1.82, 2.24) is 19.7 Å². The zero-order chi connectivity index (χ0) is 22.6. The third-order valence-electron chi connectivity index (χ3n) is 5.02. The number of para-hydroxylation sites is 3. The number of amides is 1. The summed E-state index contributed by atoms with van der Waals surface area (Å²) in [6, 6.07) is 26.7. The SMILES string of the molecule is O=C(CSc1ncnc2c1cnn2-c1ccccc1Cl)N(c1ccccc1)c1ccccc1. The van der Waals surface area contributed by atoms with Gasteiger partial charge in [-0.25, -0.2) is 14.6 Å². The Morgan fingerprint density at radius 1 is 0.879 bits per heavy atom. The lowest BCUT2D eigenvalue weighted by Gasteiger charge is -2.23. The Hall–Kier alpha value is -3.68. The zero-order valence-corrected chi connectivity index (χ0v) is 18.9. The number of thioether (sulfide) groups is 1. The maximum absolute atomic E-state index is 13.3. The third kappa shape index (κ3) is 4.33. The molecule has 0 atom stereocenters. The monoisotopic (exact) mass is 471 g/mol. The molecule has 0 aliphatic carbocycles. The number of rotatable bonds is 6. The molecule has 0 fully saturated rings. The predicted molar refractivity (Wildman–Crippen MR) is 132 cm³/mol. The lowest BCUT2D eigenvalue weighted by atomic mass is 10.2. The molecule has 0 bridgehead atoms. The van der Waals surface area contributed by atoms with Crippen LogP contribution in [0.3, 0.4) is 0 Å². The number of carbonyl (C=O) groups is 1. The van der Waals surface area contributed by atoms with Crippen molar-refractivity contribution in [2.75, 3.05) is 10.7 Å². The highest BCUT2D eigenvalue weighted by atomic mass is 35.5. The number of anilines is 2. The number of nitrogens with zero attached hydrogens (tertiary/aromatic N) is 5. The molecule has 5 rings (SSSR count). The van der Waals surface area contributed by atoms with E-state index in [-0.39, 0.29) is 11.7 Å². The molecule has 2 heterocycles. The highest BCUT2D eigenvalue weighted by molar-refractivity contribution is 8.00. The summed E-state index contributed by atoms with van der Waals surface area (Å²) in [4.78, 5) is 23.9. The zero-order valence-electron chi connectivity index (χ0n) is 17.4. The standard InChI is InChI=1S/C25H18ClN5OS/c26-21-13-7-8-14-22(21)31-24-20(15-29-31)25(28-17-27-24)33-16-23(32)30(18-9-3-1-4-10-18)19-11-5-2-6-12-19/h1-15,17H,16H2. The van der Waals surface area contributed by atoms with Crippen LogP contribution in [0.25, 0.3) is 16.7 Å². The van der Waals surface area contributed by atoms with E-state index in [9.17, 15) is 4.79 Å². The smallest absolute Gasteiger partial charge is 0.241 e. The first-order valence-corrected chi connectivity index (χ1v) is 11.6. The fraction of sp³-hybridized carbons (Fsp3) is 0.0400. The molecule has 0 aliphatic heterocycles. The number of hydrogen-bond acceptors (Lipinski definition) is 5. The number of carbonyl (C=O) groups excluding carboxylic acids is 1. The molecule has 162 valence electrons. The van der Waals surface area contributed by atoms with Crippen LogP contribution in [0.1, 0.15) is 0 Å². The Bertz CT molecular complexity index is 1370. The molecule has 5 aromatic rings. The van der Waals surface area contributed by atoms with Crippen LogP contribution in [0, 0.1) is 0 Å². The summed E-state index contributed by atoms with van der Waals surface area (Å²) in [7, 11) is 0. The summed E-state index contributed by atoms with van der Waals surface area (Å²) < 4.78 is 1.69. The summed E-state index contributed by atoms with van der Waals surface area (Å²) in [6.07, 6.45) is 3.19. The summed E-state index contributed by atoms with van der Waals surface area (Å²) in [5.74, 6) is 0.148. The van der Waals surface area contributed by atoms with Gasteiger partial charge in [0, 0.05) is 11.4 Å². The van der Waals surface area contributed by atoms with Crippen molar-refractivity contribution >= 4 is 51.7 Å². The molecule has 3 aromatic carbocycles. The molecule has 0 saturated heterocycles. The molecule has 33 heavy (non-hydrogen) atoms. The van der Waals surface area contributed by atoms with Gasteiger partial charge in [0.1, 0.15) is 11.4 Å². The van der Waals surface area contributed by atoms with Gasteiger partial charge in [-0.2, -0.15) is 5.10 Å². The van der Waals surface area contributed by atoms with Crippen molar-refractivity contribution in [2.45, 2.75) is 5.03 Å². The largest absolute Gasteiger partial charge is 0.280 e. The van der Waals surface area contributed by atoms with E-state index in [2.05, 4.69) is 15.1 Å². The van der Waals surface area contributed by atoms with Crippen LogP contribution in [-0.4, -0.2) is 31.4 Å². The van der Waals surface area contributed by atoms with E-state index in [4.69, 9.17) is 11.6 Å². The van der Waals surface area contributed by atoms with E-state index in [1.54, 1.807) is 15.8 Å². The molecule has 0 aliphatic rings. The van der Waals surface area contributed by atoms with Gasteiger partial charge < -0.3 is 0 Å². The summed E-state index contributed by atoms with van der Waals surface area (Å²) in [5, 5.41) is 6.49. The van der Waals surface area contributed by atoms with Gasteiger partial charge in [-0.1, -0.05) is 71.9 Å². The average molecular weight is 472 g/mol. The first-order chi connectivity index (χ1) is 16.2. The maximum atomic E-state index is 13.3. The van der Waals surface area contributed by atoms with E-state index in [0.717, 1.165) is 22.4 Å². The van der Waals surface area contributed by atoms with Crippen molar-refractivity contribution < 1.29 is 4.79 Å². The normalized spacial score (nSPS) is 10.9. The first-order valence-electron chi connectivity index (χ1n) is 10.2. The minimum Gasteiger partial charge on any atom is -0.280 e. The van der Waals surface area contributed by atoms with Crippen LogP contribution in [0.4, 0.5) is 11.4 Å². The van der Waals surface area contributed by atoms with Crippen molar-refractivity contribution in [3.05, 3.63) is 102 Å². The Balaban J connectivity index is 1.43. The molecular weight excluding hydrogens is 454 g/mol. The lowest BCUT2D eigenvalue weighted by Crippen LogP contribution is -2.27. The average Bonchev–Trinajstić information content (AvgIpc) is 3.29. The summed E-state index contributed by atoms with van der Waals surface area (Å²) >= 11 is 7.71. The van der Waals surface area contributed by atoms with Crippen LogP contribution < -0.4 is 4.90 Å². The number of fused-ring (bicyclic) bond motifs is 1. The lowest BCUT2D eigenvalue weighted by molar-refractivity contribution is -0.115. The van der Waals surface area contributed by atoms with Crippen LogP contribution in [0.2, 0.25) is 5.02 Å². The van der Waals surface area contributed by atoms with E-state index < -0.39 is 0 Å². The highest BCUT2D eigenvalue weighted by Crippen LogP contribution is 2.30. The molecule has 0 N–H and O–H groups in total. The molecule has 1 amide bonds. The van der Waals surface area contributed by atoms with Crippen LogP contribution >= 0.6 is 23.4 Å². The van der Waals surface area contributed by atoms with Gasteiger partial charge >= 0.3 is 0 Å². The first kappa shape index (κ1) is 21.2. The third-order valence-corrected chi connectivity index (χ3v) is 6.33. The fourth-order valence-electron chi connectivity index (χ4n) is 3.52. The highest BCUT2D eigenvalue weighted by Gasteiger charge is 2.20. The summed E-state index contributed by atoms with van der Waals surface area (Å²) in [6.45, 7) is 0. The number of hydrogen-bond donors (Lipinski definition) is 0. The summed E-state index contributed by atoms with van der Waals surface area (Å²) in [5.41, 5.74) is 3.00. The van der Waals surface area contributed by atoms with Crippen molar-refractivity contribution in [3.8, 4) is 5.69 Å². The van der Waals surface area contributed by atoms with Crippen molar-refractivity contribution in [3.63, 3.8) is 0 Å². The Labute approximate surface area is 199 Å². The topological polar surface area (TPSA) is 63.9 Å². The second-order valence-electron chi connectivity index (χ2n) is 7.11. The maximum Gasteiger partial charge on any atom is 0.241 e. The Kier molecular flexibility index (Phi) is 6.06. The minimum absolute atomic E-state index is 0.0531. The number of aromatic nitrogens is 4. The van der Waals surface area contributed by atoms with Gasteiger partial charge in [-0.05, 0) is 36.4 Å². The molecule has 0 radical (unpaired) electrons. The molecule has 8 heteroatoms. The number of benzene rings is 3. The van der Waals surface area contributed by atoms with Crippen LogP contribution in [0.15, 0.2) is 102 Å². The Morgan fingerprint density at radius 3 is 2.18 bits per heavy atom. The quantitative estimate of drug-likeness (QED) is 0.227. The van der Waals surface area contributed by atoms with E-state index in [1.807, 2.05) is 84.9 Å². The van der Waals surface area contributed by atoms with Crippen molar-refractivity contribution in [2.24, 2.45) is 0 Å². The predicted octanol–water partition coefficient (Wildman–Crippen LogP) is 5.93. The molecule has 0 saturated carbocycles. The second-order valence-corrected chi connectivity index (χ2v) is 8.48. The van der Waals surface area contributed by atoms with Gasteiger partial charge in [0.2, 0.25) is 5.91 Å². The second kappa shape index (κ2) is 9.44. The van der Waals surface area contributed by atoms with E-state index >= 15 is 0 Å². The van der Waals surface area contributed by atoms with Crippen LogP contribution in [-0.2, 0) is 4.79 Å². The molecule has 6 nitrogen and oxygen atoms in total. The van der Waals surface area contributed by atoms with Gasteiger partial charge in [0.15, 0.2) is 5.65 Å². The Morgan fingerprint density at radius 2 is 1.52 bits per heavy atom. The molecule has 0 unspecified atom stereocenters. The molecular formula is C25H18ClN5OS. The van der Waals surface area contributed by atoms with Crippen molar-refractivity contribution in [1.29, 1.82) is 0 Å². The van der Waals surface area contributed by atoms with Gasteiger partial charge in [-0.3, -0.25) is 9.69 Å². The van der Waals surface area contributed by atoms with Gasteiger partial charge in [0.25, 0.3) is 0 Å². The van der Waals surface area contributed by atoms with Crippen LogP contribution in [0.5, 0.6) is 0 Å².